The van der Waals surface area contributed by atoms with Crippen molar-refractivity contribution < 1.29 is 0 Å². The molecule has 0 bridgehead atoms. The average molecular weight is 271 g/mol. The predicted molar refractivity (Wildman–Crippen MR) is 80.6 cm³/mol. The Labute approximate surface area is 116 Å². The molecule has 3 nitrogen and oxygen atoms in total. The molecule has 1 aromatic carbocycles. The molecule has 3 aromatic rings. The number of hydrogen-bond donors (Lipinski definition) is 1. The SMILES string of the molecule is Cc1ccc(-c2nc3sc(C)cn3c2CN)c(C)c1. The van der Waals surface area contributed by atoms with Crippen LogP contribution in [0.4, 0.5) is 0 Å². The second-order valence-electron chi connectivity index (χ2n) is 4.92. The fraction of sp³-hybridized carbons (Fsp3) is 0.267. The molecule has 0 fully saturated rings. The van der Waals surface area contributed by atoms with E-state index in [1.54, 1.807) is 11.3 Å². The van der Waals surface area contributed by atoms with Crippen molar-refractivity contribution in [1.29, 1.82) is 0 Å². The molecule has 3 rings (SSSR count). The first-order chi connectivity index (χ1) is 9.10. The Bertz CT molecular complexity index is 752. The summed E-state index contributed by atoms with van der Waals surface area (Å²) in [4.78, 5) is 7.04. The van der Waals surface area contributed by atoms with E-state index >= 15 is 0 Å². The summed E-state index contributed by atoms with van der Waals surface area (Å²) in [6.07, 6.45) is 2.11. The molecule has 4 heteroatoms. The summed E-state index contributed by atoms with van der Waals surface area (Å²) in [6.45, 7) is 6.83. The van der Waals surface area contributed by atoms with Crippen LogP contribution in [0.3, 0.4) is 0 Å². The van der Waals surface area contributed by atoms with Gasteiger partial charge in [0.05, 0.1) is 11.4 Å². The fourth-order valence-electron chi connectivity index (χ4n) is 2.49. The molecule has 0 saturated heterocycles. The van der Waals surface area contributed by atoms with Crippen LogP contribution in [0.2, 0.25) is 0 Å². The summed E-state index contributed by atoms with van der Waals surface area (Å²) >= 11 is 1.70. The number of benzene rings is 1. The van der Waals surface area contributed by atoms with Gasteiger partial charge in [-0.15, -0.1) is 11.3 Å². The summed E-state index contributed by atoms with van der Waals surface area (Å²) < 4.78 is 2.12. The smallest absolute Gasteiger partial charge is 0.194 e. The highest BCUT2D eigenvalue weighted by molar-refractivity contribution is 7.17. The lowest BCUT2D eigenvalue weighted by Crippen LogP contribution is -2.02. The van der Waals surface area contributed by atoms with Crippen molar-refractivity contribution in [1.82, 2.24) is 9.38 Å². The highest BCUT2D eigenvalue weighted by Gasteiger charge is 2.15. The highest BCUT2D eigenvalue weighted by Crippen LogP contribution is 2.30. The minimum Gasteiger partial charge on any atom is -0.325 e. The zero-order chi connectivity index (χ0) is 13.6. The average Bonchev–Trinajstić information content (AvgIpc) is 2.84. The summed E-state index contributed by atoms with van der Waals surface area (Å²) in [7, 11) is 0. The molecule has 0 radical (unpaired) electrons. The van der Waals surface area contributed by atoms with Crippen LogP contribution in [0.5, 0.6) is 0 Å². The second kappa shape index (κ2) is 4.47. The van der Waals surface area contributed by atoms with Gasteiger partial charge in [0, 0.05) is 23.2 Å². The number of aryl methyl sites for hydroxylation is 3. The number of hydrogen-bond acceptors (Lipinski definition) is 3. The lowest BCUT2D eigenvalue weighted by molar-refractivity contribution is 0.967. The number of nitrogens with two attached hydrogens (primary N) is 1. The van der Waals surface area contributed by atoms with Crippen LogP contribution < -0.4 is 5.73 Å². The minimum absolute atomic E-state index is 0.500. The lowest BCUT2D eigenvalue weighted by Gasteiger charge is -2.06. The van der Waals surface area contributed by atoms with Gasteiger partial charge in [-0.25, -0.2) is 4.98 Å². The molecule has 0 atom stereocenters. The van der Waals surface area contributed by atoms with E-state index in [0.29, 0.717) is 6.54 Å². The molecular weight excluding hydrogens is 254 g/mol. The molecule has 0 spiro atoms. The van der Waals surface area contributed by atoms with Crippen LogP contribution >= 0.6 is 11.3 Å². The Morgan fingerprint density at radius 2 is 2.05 bits per heavy atom. The second-order valence-corrected chi connectivity index (χ2v) is 6.14. The van der Waals surface area contributed by atoms with Gasteiger partial charge in [0.25, 0.3) is 0 Å². The van der Waals surface area contributed by atoms with Crippen LogP contribution in [0.25, 0.3) is 16.2 Å². The molecular formula is C15H17N3S. The van der Waals surface area contributed by atoms with Gasteiger partial charge in [-0.05, 0) is 26.3 Å². The number of thiazole rings is 1. The van der Waals surface area contributed by atoms with E-state index in [0.717, 1.165) is 16.3 Å². The summed E-state index contributed by atoms with van der Waals surface area (Å²) in [5, 5.41) is 0. The van der Waals surface area contributed by atoms with E-state index in [2.05, 4.69) is 49.6 Å². The maximum absolute atomic E-state index is 5.93. The van der Waals surface area contributed by atoms with Gasteiger partial charge in [-0.2, -0.15) is 0 Å². The monoisotopic (exact) mass is 271 g/mol. The number of imidazole rings is 1. The van der Waals surface area contributed by atoms with E-state index in [4.69, 9.17) is 10.7 Å². The minimum atomic E-state index is 0.500. The van der Waals surface area contributed by atoms with Gasteiger partial charge in [0.15, 0.2) is 4.96 Å². The summed E-state index contributed by atoms with van der Waals surface area (Å²) in [5.41, 5.74) is 11.7. The normalized spacial score (nSPS) is 11.4. The Hall–Kier alpha value is -1.65. The van der Waals surface area contributed by atoms with E-state index in [9.17, 15) is 0 Å². The van der Waals surface area contributed by atoms with E-state index in [-0.39, 0.29) is 0 Å². The first-order valence-corrected chi connectivity index (χ1v) is 7.17. The Kier molecular flexibility index (Phi) is 2.92. The Balaban J connectivity index is 2.26. The van der Waals surface area contributed by atoms with Gasteiger partial charge >= 0.3 is 0 Å². The zero-order valence-corrected chi connectivity index (χ0v) is 12.2. The highest BCUT2D eigenvalue weighted by atomic mass is 32.1. The molecule has 0 aliphatic carbocycles. The molecule has 2 heterocycles. The molecule has 0 aliphatic heterocycles. The maximum Gasteiger partial charge on any atom is 0.194 e. The standard InChI is InChI=1S/C15H17N3S/c1-9-4-5-12(10(2)6-9)14-13(7-16)18-8-11(3)19-15(18)17-14/h4-6,8H,7,16H2,1-3H3. The van der Waals surface area contributed by atoms with Crippen LogP contribution in [-0.2, 0) is 6.54 Å². The number of aromatic nitrogens is 2. The van der Waals surface area contributed by atoms with Crippen molar-refractivity contribution in [2.24, 2.45) is 5.73 Å². The predicted octanol–water partition coefficient (Wildman–Crippen LogP) is 3.45. The van der Waals surface area contributed by atoms with Crippen LogP contribution in [0, 0.1) is 20.8 Å². The van der Waals surface area contributed by atoms with Gasteiger partial charge in [-0.3, -0.25) is 4.40 Å². The van der Waals surface area contributed by atoms with Crippen molar-refractivity contribution in [3.05, 3.63) is 46.1 Å². The van der Waals surface area contributed by atoms with Crippen molar-refractivity contribution >= 4 is 16.3 Å². The van der Waals surface area contributed by atoms with Crippen LogP contribution in [0.1, 0.15) is 21.7 Å². The molecule has 0 unspecified atom stereocenters. The largest absolute Gasteiger partial charge is 0.325 e. The summed E-state index contributed by atoms with van der Waals surface area (Å²) in [5.74, 6) is 0. The van der Waals surface area contributed by atoms with Crippen molar-refractivity contribution in [3.63, 3.8) is 0 Å². The lowest BCUT2D eigenvalue weighted by atomic mass is 10.0. The maximum atomic E-state index is 5.93. The number of nitrogens with zero attached hydrogens (tertiary/aromatic N) is 2. The van der Waals surface area contributed by atoms with E-state index in [1.165, 1.54) is 21.6 Å². The molecule has 0 amide bonds. The first-order valence-electron chi connectivity index (χ1n) is 6.35. The molecule has 2 aromatic heterocycles. The topological polar surface area (TPSA) is 43.3 Å². The van der Waals surface area contributed by atoms with Gasteiger partial charge in [0.2, 0.25) is 0 Å². The molecule has 19 heavy (non-hydrogen) atoms. The van der Waals surface area contributed by atoms with Gasteiger partial charge in [0.1, 0.15) is 0 Å². The molecule has 2 N–H and O–H groups in total. The van der Waals surface area contributed by atoms with Crippen molar-refractivity contribution in [2.75, 3.05) is 0 Å². The van der Waals surface area contributed by atoms with Crippen LogP contribution in [-0.4, -0.2) is 9.38 Å². The van der Waals surface area contributed by atoms with Crippen LogP contribution in [0.15, 0.2) is 24.4 Å². The summed E-state index contributed by atoms with van der Waals surface area (Å²) in [6, 6.07) is 6.46. The third kappa shape index (κ3) is 1.97. The third-order valence-electron chi connectivity index (χ3n) is 3.37. The fourth-order valence-corrected chi connectivity index (χ4v) is 3.34. The van der Waals surface area contributed by atoms with Gasteiger partial charge < -0.3 is 5.73 Å². The quantitative estimate of drug-likeness (QED) is 0.776. The molecule has 98 valence electrons. The van der Waals surface area contributed by atoms with Gasteiger partial charge in [-0.1, -0.05) is 23.8 Å². The number of rotatable bonds is 2. The number of fused-ring (bicyclic) bond motifs is 1. The zero-order valence-electron chi connectivity index (χ0n) is 11.4. The van der Waals surface area contributed by atoms with E-state index in [1.807, 2.05) is 0 Å². The first kappa shape index (κ1) is 12.4. The Morgan fingerprint density at radius 1 is 1.26 bits per heavy atom. The van der Waals surface area contributed by atoms with Crippen molar-refractivity contribution in [2.45, 2.75) is 27.3 Å². The van der Waals surface area contributed by atoms with Crippen molar-refractivity contribution in [3.8, 4) is 11.3 Å². The molecule has 0 aliphatic rings. The Morgan fingerprint density at radius 3 is 2.74 bits per heavy atom. The third-order valence-corrected chi connectivity index (χ3v) is 4.27. The molecule has 0 saturated carbocycles. The van der Waals surface area contributed by atoms with E-state index < -0.39 is 0 Å².